The molecule has 7 heteroatoms. The van der Waals surface area contributed by atoms with E-state index >= 15 is 0 Å². The van der Waals surface area contributed by atoms with Crippen molar-refractivity contribution < 1.29 is 4.79 Å². The molecule has 2 aromatic heterocycles. The molecule has 1 aliphatic heterocycles. The summed E-state index contributed by atoms with van der Waals surface area (Å²) >= 11 is 0. The molecule has 0 atom stereocenters. The highest BCUT2D eigenvalue weighted by atomic mass is 16.1. The molecule has 2 aromatic carbocycles. The van der Waals surface area contributed by atoms with Gasteiger partial charge in [-0.2, -0.15) is 0 Å². The summed E-state index contributed by atoms with van der Waals surface area (Å²) in [7, 11) is 0. The second kappa shape index (κ2) is 8.41. The lowest BCUT2D eigenvalue weighted by atomic mass is 9.95. The van der Waals surface area contributed by atoms with E-state index in [2.05, 4.69) is 61.6 Å². The van der Waals surface area contributed by atoms with E-state index in [9.17, 15) is 4.79 Å². The molecule has 6 rings (SSSR count). The van der Waals surface area contributed by atoms with Gasteiger partial charge < -0.3 is 10.2 Å². The average Bonchev–Trinajstić information content (AvgIpc) is 3.47. The lowest BCUT2D eigenvalue weighted by Crippen LogP contribution is -2.38. The summed E-state index contributed by atoms with van der Waals surface area (Å²) in [6.45, 7) is 3.53. The SMILES string of the molecule is Cc1nccn1-c1cc(N2CCC(C(=O)Nc3ccc4c(c3)Cc3ccccc3-4)CC2)ncn1. The number of carbonyl (C=O) groups is 1. The lowest BCUT2D eigenvalue weighted by molar-refractivity contribution is -0.120. The van der Waals surface area contributed by atoms with Crippen LogP contribution in [0.5, 0.6) is 0 Å². The summed E-state index contributed by atoms with van der Waals surface area (Å²) in [6, 6.07) is 16.8. The van der Waals surface area contributed by atoms with E-state index in [1.165, 1.54) is 22.3 Å². The molecule has 7 nitrogen and oxygen atoms in total. The molecular formula is C27H26N6O. The molecule has 0 unspecified atom stereocenters. The summed E-state index contributed by atoms with van der Waals surface area (Å²) in [4.78, 5) is 28.4. The maximum Gasteiger partial charge on any atom is 0.227 e. The van der Waals surface area contributed by atoms with Crippen LogP contribution in [0, 0.1) is 12.8 Å². The van der Waals surface area contributed by atoms with Crippen molar-refractivity contribution in [2.75, 3.05) is 23.3 Å². The van der Waals surface area contributed by atoms with Crippen LogP contribution in [0.4, 0.5) is 11.5 Å². The van der Waals surface area contributed by atoms with Gasteiger partial charge >= 0.3 is 0 Å². The number of aryl methyl sites for hydroxylation is 1. The number of anilines is 2. The zero-order chi connectivity index (χ0) is 23.1. The summed E-state index contributed by atoms with van der Waals surface area (Å²) in [5.74, 6) is 2.68. The first-order valence-corrected chi connectivity index (χ1v) is 11.7. The molecule has 0 radical (unpaired) electrons. The Morgan fingerprint density at radius 3 is 2.56 bits per heavy atom. The third kappa shape index (κ3) is 3.73. The Morgan fingerprint density at radius 2 is 1.74 bits per heavy atom. The maximum atomic E-state index is 13.0. The smallest absolute Gasteiger partial charge is 0.227 e. The van der Waals surface area contributed by atoms with Gasteiger partial charge in [-0.05, 0) is 60.6 Å². The highest BCUT2D eigenvalue weighted by Crippen LogP contribution is 2.37. The van der Waals surface area contributed by atoms with Gasteiger partial charge in [0.1, 0.15) is 23.8 Å². The standard InChI is InChI=1S/C27H26N6O/c1-18-28-10-13-33(18)26-16-25(29-17-30-26)32-11-8-19(9-12-32)27(34)31-22-6-7-24-21(15-22)14-20-4-2-3-5-23(20)24/h2-7,10,13,15-17,19H,8-9,11-12,14H2,1H3,(H,31,34). The Hall–Kier alpha value is -4.00. The van der Waals surface area contributed by atoms with E-state index in [-0.39, 0.29) is 11.8 Å². The molecule has 170 valence electrons. The summed E-state index contributed by atoms with van der Waals surface area (Å²) < 4.78 is 1.94. The van der Waals surface area contributed by atoms with Crippen molar-refractivity contribution in [3.8, 4) is 16.9 Å². The molecular weight excluding hydrogens is 424 g/mol. The third-order valence-corrected chi connectivity index (χ3v) is 6.96. The number of fused-ring (bicyclic) bond motifs is 3. The number of nitrogens with zero attached hydrogens (tertiary/aromatic N) is 5. The Morgan fingerprint density at radius 1 is 0.941 bits per heavy atom. The number of amides is 1. The summed E-state index contributed by atoms with van der Waals surface area (Å²) in [5, 5.41) is 3.16. The van der Waals surface area contributed by atoms with Gasteiger partial charge in [-0.1, -0.05) is 30.3 Å². The van der Waals surface area contributed by atoms with Crippen LogP contribution in [0.1, 0.15) is 29.8 Å². The van der Waals surface area contributed by atoms with Gasteiger partial charge in [0, 0.05) is 43.2 Å². The van der Waals surface area contributed by atoms with E-state index < -0.39 is 0 Å². The first-order chi connectivity index (χ1) is 16.7. The van der Waals surface area contributed by atoms with E-state index in [0.717, 1.165) is 55.5 Å². The third-order valence-electron chi connectivity index (χ3n) is 6.96. The van der Waals surface area contributed by atoms with Gasteiger partial charge in [0.05, 0.1) is 0 Å². The van der Waals surface area contributed by atoms with Crippen LogP contribution in [0.25, 0.3) is 16.9 Å². The molecule has 1 amide bonds. The minimum Gasteiger partial charge on any atom is -0.356 e. The number of carbonyl (C=O) groups excluding carboxylic acids is 1. The predicted molar refractivity (Wildman–Crippen MR) is 132 cm³/mol. The number of aromatic nitrogens is 4. The molecule has 1 aliphatic carbocycles. The van der Waals surface area contributed by atoms with Crippen LogP contribution < -0.4 is 10.2 Å². The van der Waals surface area contributed by atoms with Crippen LogP contribution in [0.15, 0.2) is 67.3 Å². The van der Waals surface area contributed by atoms with Crippen LogP contribution in [0.2, 0.25) is 0 Å². The number of hydrogen-bond donors (Lipinski definition) is 1. The van der Waals surface area contributed by atoms with Crippen LogP contribution in [-0.4, -0.2) is 38.5 Å². The van der Waals surface area contributed by atoms with Crippen molar-refractivity contribution in [2.45, 2.75) is 26.2 Å². The highest BCUT2D eigenvalue weighted by molar-refractivity contribution is 5.93. The number of nitrogens with one attached hydrogen (secondary N) is 1. The van der Waals surface area contributed by atoms with Gasteiger partial charge in [-0.15, -0.1) is 0 Å². The molecule has 1 N–H and O–H groups in total. The Bertz CT molecular complexity index is 1370. The topological polar surface area (TPSA) is 75.9 Å². The minimum absolute atomic E-state index is 0.00102. The van der Waals surface area contributed by atoms with Crippen molar-refractivity contribution in [1.82, 2.24) is 19.5 Å². The largest absolute Gasteiger partial charge is 0.356 e. The number of benzene rings is 2. The quantitative estimate of drug-likeness (QED) is 0.439. The molecule has 2 aliphatic rings. The van der Waals surface area contributed by atoms with Gasteiger partial charge in [0.2, 0.25) is 5.91 Å². The van der Waals surface area contributed by atoms with Crippen molar-refractivity contribution in [1.29, 1.82) is 0 Å². The Labute approximate surface area is 198 Å². The predicted octanol–water partition coefficient (Wildman–Crippen LogP) is 4.40. The monoisotopic (exact) mass is 450 g/mol. The van der Waals surface area contributed by atoms with E-state index in [1.54, 1.807) is 12.5 Å². The van der Waals surface area contributed by atoms with Crippen molar-refractivity contribution in [2.24, 2.45) is 5.92 Å². The average molecular weight is 451 g/mol. The molecule has 4 aromatic rings. The van der Waals surface area contributed by atoms with Gasteiger partial charge in [-0.25, -0.2) is 15.0 Å². The molecule has 3 heterocycles. The molecule has 0 spiro atoms. The first kappa shape index (κ1) is 20.6. The lowest BCUT2D eigenvalue weighted by Gasteiger charge is -2.32. The second-order valence-corrected chi connectivity index (χ2v) is 9.04. The van der Waals surface area contributed by atoms with Crippen molar-refractivity contribution in [3.05, 3.63) is 84.2 Å². The van der Waals surface area contributed by atoms with E-state index in [0.29, 0.717) is 0 Å². The Kier molecular flexibility index (Phi) is 5.09. The zero-order valence-corrected chi connectivity index (χ0v) is 19.1. The van der Waals surface area contributed by atoms with Crippen molar-refractivity contribution >= 4 is 17.4 Å². The maximum absolute atomic E-state index is 13.0. The fourth-order valence-corrected chi connectivity index (χ4v) is 5.10. The molecule has 0 bridgehead atoms. The van der Waals surface area contributed by atoms with Crippen LogP contribution in [0.3, 0.4) is 0 Å². The van der Waals surface area contributed by atoms with Gasteiger partial charge in [0.15, 0.2) is 0 Å². The van der Waals surface area contributed by atoms with Crippen molar-refractivity contribution in [3.63, 3.8) is 0 Å². The summed E-state index contributed by atoms with van der Waals surface area (Å²) in [6.07, 6.45) is 7.77. The Balaban J connectivity index is 1.09. The normalized spacial score (nSPS) is 15.1. The van der Waals surface area contributed by atoms with Gasteiger partial charge in [-0.3, -0.25) is 9.36 Å². The zero-order valence-electron chi connectivity index (χ0n) is 19.1. The molecule has 34 heavy (non-hydrogen) atoms. The molecule has 1 fully saturated rings. The highest BCUT2D eigenvalue weighted by Gasteiger charge is 2.26. The fourth-order valence-electron chi connectivity index (χ4n) is 5.10. The molecule has 1 saturated heterocycles. The number of imidazole rings is 1. The molecule has 0 saturated carbocycles. The van der Waals surface area contributed by atoms with E-state index in [1.807, 2.05) is 29.8 Å². The fraction of sp³-hybridized carbons (Fsp3) is 0.259. The minimum atomic E-state index is -0.00102. The summed E-state index contributed by atoms with van der Waals surface area (Å²) in [5.41, 5.74) is 6.09. The van der Waals surface area contributed by atoms with Gasteiger partial charge in [0.25, 0.3) is 0 Å². The second-order valence-electron chi connectivity index (χ2n) is 9.04. The number of hydrogen-bond acceptors (Lipinski definition) is 5. The van der Waals surface area contributed by atoms with E-state index in [4.69, 9.17) is 0 Å². The first-order valence-electron chi connectivity index (χ1n) is 11.7. The van der Waals surface area contributed by atoms with Crippen LogP contribution >= 0.6 is 0 Å². The van der Waals surface area contributed by atoms with Crippen LogP contribution in [-0.2, 0) is 11.2 Å². The number of rotatable bonds is 4. The number of piperidine rings is 1.